The van der Waals surface area contributed by atoms with E-state index in [1.807, 2.05) is 48.5 Å². The highest BCUT2D eigenvalue weighted by Crippen LogP contribution is 2.42. The molecule has 0 bridgehead atoms. The Kier molecular flexibility index (Phi) is 6.04. The Morgan fingerprint density at radius 2 is 1.59 bits per heavy atom. The fourth-order valence-corrected chi connectivity index (χ4v) is 3.68. The predicted octanol–water partition coefficient (Wildman–Crippen LogP) is 5.18. The fraction of sp³-hybridized carbons (Fsp3) is 0.435. The third-order valence-electron chi connectivity index (χ3n) is 5.23. The molecular weight excluding hydrogens is 338 g/mol. The summed E-state index contributed by atoms with van der Waals surface area (Å²) < 4.78 is 11.0. The van der Waals surface area contributed by atoms with E-state index in [1.165, 1.54) is 0 Å². The average Bonchev–Trinajstić information content (AvgIpc) is 3.19. The van der Waals surface area contributed by atoms with Gasteiger partial charge in [-0.3, -0.25) is 4.79 Å². The molecule has 1 saturated carbocycles. The van der Waals surface area contributed by atoms with Crippen molar-refractivity contribution in [1.82, 2.24) is 0 Å². The lowest BCUT2D eigenvalue weighted by Gasteiger charge is -2.28. The van der Waals surface area contributed by atoms with Gasteiger partial charge in [-0.2, -0.15) is 0 Å². The SMILES string of the molecule is COc1ccc(C2(C(=O)Nc3ccc(OCC(C)C)cc3)CCCC2)cc1. The van der Waals surface area contributed by atoms with Gasteiger partial charge in [0.15, 0.2) is 0 Å². The number of rotatable bonds is 7. The first-order valence-electron chi connectivity index (χ1n) is 9.72. The molecule has 4 heteroatoms. The molecule has 0 spiro atoms. The molecule has 1 fully saturated rings. The van der Waals surface area contributed by atoms with Crippen LogP contribution in [-0.2, 0) is 10.2 Å². The summed E-state index contributed by atoms with van der Waals surface area (Å²) in [6, 6.07) is 15.5. The second kappa shape index (κ2) is 8.47. The summed E-state index contributed by atoms with van der Waals surface area (Å²) in [5, 5.41) is 3.12. The molecule has 0 unspecified atom stereocenters. The van der Waals surface area contributed by atoms with Gasteiger partial charge < -0.3 is 14.8 Å². The number of hydrogen-bond donors (Lipinski definition) is 1. The number of anilines is 1. The molecule has 0 aliphatic heterocycles. The zero-order valence-corrected chi connectivity index (χ0v) is 16.5. The molecule has 0 radical (unpaired) electrons. The summed E-state index contributed by atoms with van der Waals surface area (Å²) in [5.41, 5.74) is 1.41. The van der Waals surface area contributed by atoms with Crippen molar-refractivity contribution < 1.29 is 14.3 Å². The molecule has 0 aromatic heterocycles. The molecule has 1 amide bonds. The molecule has 3 rings (SSSR count). The maximum atomic E-state index is 13.2. The minimum absolute atomic E-state index is 0.0704. The monoisotopic (exact) mass is 367 g/mol. The lowest BCUT2D eigenvalue weighted by molar-refractivity contribution is -0.121. The Morgan fingerprint density at radius 3 is 2.15 bits per heavy atom. The summed E-state index contributed by atoms with van der Waals surface area (Å²) >= 11 is 0. The first kappa shape index (κ1) is 19.3. The summed E-state index contributed by atoms with van der Waals surface area (Å²) in [4.78, 5) is 13.2. The van der Waals surface area contributed by atoms with Crippen LogP contribution in [0.2, 0.25) is 0 Å². The van der Waals surface area contributed by atoms with Crippen LogP contribution in [0.3, 0.4) is 0 Å². The number of methoxy groups -OCH3 is 1. The molecule has 1 aliphatic carbocycles. The second-order valence-electron chi connectivity index (χ2n) is 7.70. The van der Waals surface area contributed by atoms with E-state index in [4.69, 9.17) is 9.47 Å². The molecule has 4 nitrogen and oxygen atoms in total. The smallest absolute Gasteiger partial charge is 0.235 e. The number of hydrogen-bond acceptors (Lipinski definition) is 3. The number of amides is 1. The molecule has 27 heavy (non-hydrogen) atoms. The first-order valence-corrected chi connectivity index (χ1v) is 9.72. The van der Waals surface area contributed by atoms with E-state index >= 15 is 0 Å². The van der Waals surface area contributed by atoms with Crippen molar-refractivity contribution >= 4 is 11.6 Å². The number of carbonyl (C=O) groups excluding carboxylic acids is 1. The van der Waals surface area contributed by atoms with E-state index in [2.05, 4.69) is 19.2 Å². The highest BCUT2D eigenvalue weighted by atomic mass is 16.5. The first-order chi connectivity index (χ1) is 13.0. The van der Waals surface area contributed by atoms with E-state index in [1.54, 1.807) is 7.11 Å². The highest BCUT2D eigenvalue weighted by Gasteiger charge is 2.42. The van der Waals surface area contributed by atoms with Gasteiger partial charge in [-0.05, 0) is 60.7 Å². The maximum Gasteiger partial charge on any atom is 0.235 e. The van der Waals surface area contributed by atoms with Crippen molar-refractivity contribution in [1.29, 1.82) is 0 Å². The van der Waals surface area contributed by atoms with Crippen LogP contribution >= 0.6 is 0 Å². The van der Waals surface area contributed by atoms with Crippen LogP contribution in [0, 0.1) is 5.92 Å². The topological polar surface area (TPSA) is 47.6 Å². The van der Waals surface area contributed by atoms with Crippen molar-refractivity contribution in [2.75, 3.05) is 19.0 Å². The van der Waals surface area contributed by atoms with Gasteiger partial charge in [0.1, 0.15) is 11.5 Å². The van der Waals surface area contributed by atoms with Gasteiger partial charge in [-0.25, -0.2) is 0 Å². The lowest BCUT2D eigenvalue weighted by Crippen LogP contribution is -2.37. The lowest BCUT2D eigenvalue weighted by atomic mass is 9.78. The quantitative estimate of drug-likeness (QED) is 0.733. The minimum Gasteiger partial charge on any atom is -0.497 e. The highest BCUT2D eigenvalue weighted by molar-refractivity contribution is 5.99. The van der Waals surface area contributed by atoms with Gasteiger partial charge in [0, 0.05) is 5.69 Å². The molecule has 144 valence electrons. The van der Waals surface area contributed by atoms with Crippen molar-refractivity contribution in [3.8, 4) is 11.5 Å². The van der Waals surface area contributed by atoms with E-state index in [-0.39, 0.29) is 5.91 Å². The van der Waals surface area contributed by atoms with Crippen LogP contribution in [0.1, 0.15) is 45.1 Å². The summed E-state index contributed by atoms with van der Waals surface area (Å²) in [6.07, 6.45) is 3.89. The molecule has 0 heterocycles. The molecule has 2 aromatic rings. The van der Waals surface area contributed by atoms with E-state index < -0.39 is 5.41 Å². The number of carbonyl (C=O) groups is 1. The van der Waals surface area contributed by atoms with Gasteiger partial charge in [0.2, 0.25) is 5.91 Å². The van der Waals surface area contributed by atoms with Gasteiger partial charge >= 0.3 is 0 Å². The molecule has 0 atom stereocenters. The Hall–Kier alpha value is -2.49. The van der Waals surface area contributed by atoms with Crippen LogP contribution in [-0.4, -0.2) is 19.6 Å². The van der Waals surface area contributed by atoms with Crippen molar-refractivity contribution in [3.05, 3.63) is 54.1 Å². The van der Waals surface area contributed by atoms with Crippen LogP contribution in [0.25, 0.3) is 0 Å². The Bertz CT molecular complexity index is 744. The Morgan fingerprint density at radius 1 is 1.00 bits per heavy atom. The molecule has 0 saturated heterocycles. The van der Waals surface area contributed by atoms with Crippen molar-refractivity contribution in [3.63, 3.8) is 0 Å². The maximum absolute atomic E-state index is 13.2. The van der Waals surface area contributed by atoms with E-state index in [9.17, 15) is 4.79 Å². The van der Waals surface area contributed by atoms with E-state index in [0.717, 1.165) is 48.4 Å². The zero-order valence-electron chi connectivity index (χ0n) is 16.5. The third-order valence-corrected chi connectivity index (χ3v) is 5.23. The number of ether oxygens (including phenoxy) is 2. The number of benzene rings is 2. The third kappa shape index (κ3) is 4.44. The molecule has 2 aromatic carbocycles. The van der Waals surface area contributed by atoms with Crippen LogP contribution in [0.15, 0.2) is 48.5 Å². The van der Waals surface area contributed by atoms with Crippen LogP contribution < -0.4 is 14.8 Å². The molecule has 1 aliphatic rings. The average molecular weight is 367 g/mol. The van der Waals surface area contributed by atoms with Gasteiger partial charge in [0.25, 0.3) is 0 Å². The van der Waals surface area contributed by atoms with Gasteiger partial charge in [0.05, 0.1) is 19.1 Å². The van der Waals surface area contributed by atoms with Crippen molar-refractivity contribution in [2.45, 2.75) is 44.9 Å². The second-order valence-corrected chi connectivity index (χ2v) is 7.70. The van der Waals surface area contributed by atoms with Gasteiger partial charge in [-0.15, -0.1) is 0 Å². The largest absolute Gasteiger partial charge is 0.497 e. The zero-order chi connectivity index (χ0) is 19.3. The van der Waals surface area contributed by atoms with Gasteiger partial charge in [-0.1, -0.05) is 38.8 Å². The standard InChI is InChI=1S/C23H29NO3/c1-17(2)16-27-21-12-8-19(9-13-21)24-22(25)23(14-4-5-15-23)18-6-10-20(26-3)11-7-18/h6-13,17H,4-5,14-16H2,1-3H3,(H,24,25). The number of nitrogens with one attached hydrogen (secondary N) is 1. The molecule has 1 N–H and O–H groups in total. The Labute approximate surface area is 161 Å². The summed E-state index contributed by atoms with van der Waals surface area (Å²) in [5.74, 6) is 2.19. The van der Waals surface area contributed by atoms with Crippen LogP contribution in [0.4, 0.5) is 5.69 Å². The predicted molar refractivity (Wildman–Crippen MR) is 109 cm³/mol. The minimum atomic E-state index is -0.459. The Balaban J connectivity index is 1.73. The van der Waals surface area contributed by atoms with Crippen molar-refractivity contribution in [2.24, 2.45) is 5.92 Å². The van der Waals surface area contributed by atoms with E-state index in [0.29, 0.717) is 12.5 Å². The molecular formula is C23H29NO3. The fourth-order valence-electron chi connectivity index (χ4n) is 3.68. The van der Waals surface area contributed by atoms with Crippen LogP contribution in [0.5, 0.6) is 11.5 Å². The normalized spacial score (nSPS) is 15.6. The summed E-state index contributed by atoms with van der Waals surface area (Å²) in [7, 11) is 1.65. The summed E-state index contributed by atoms with van der Waals surface area (Å²) in [6.45, 7) is 4.93.